The van der Waals surface area contributed by atoms with Crippen molar-refractivity contribution in [3.63, 3.8) is 0 Å². The van der Waals surface area contributed by atoms with Crippen LogP contribution in [0.1, 0.15) is 144 Å². The monoisotopic (exact) mass is 1620 g/mol. The smallest absolute Gasteiger partial charge is 0.493 e. The zero-order valence-corrected chi connectivity index (χ0v) is 58.8. The molecule has 0 aliphatic heterocycles. The molecule has 0 bridgehead atoms. The van der Waals surface area contributed by atoms with E-state index in [2.05, 4.69) is 40.2 Å². The van der Waals surface area contributed by atoms with E-state index in [0.717, 1.165) is 125 Å². The van der Waals surface area contributed by atoms with E-state index in [4.69, 9.17) is 18.9 Å². The first kappa shape index (κ1) is 88.7. The van der Waals surface area contributed by atoms with Gasteiger partial charge in [-0.25, -0.2) is 0 Å². The molecule has 38 heteroatoms. The van der Waals surface area contributed by atoms with Crippen LogP contribution in [0.4, 0.5) is 79.0 Å². The van der Waals surface area contributed by atoms with E-state index < -0.39 is 128 Å². The summed E-state index contributed by atoms with van der Waals surface area (Å²) in [5, 5.41) is 9.66. The Morgan fingerprint density at radius 1 is 0.354 bits per heavy atom. The Morgan fingerprint density at radius 3 is 0.956 bits per heavy atom. The van der Waals surface area contributed by atoms with Crippen molar-refractivity contribution in [1.29, 1.82) is 0 Å². The lowest BCUT2D eigenvalue weighted by molar-refractivity contribution is -0.275. The number of hydrogen-bond acceptors (Lipinski definition) is 16. The van der Waals surface area contributed by atoms with Gasteiger partial charge in [-0.2, -0.15) is 26.3 Å². The maximum absolute atomic E-state index is 12.7. The number of halogens is 18. The third-order valence-corrected chi connectivity index (χ3v) is 15.8. The van der Waals surface area contributed by atoms with Crippen LogP contribution < -0.4 is 59.2 Å². The molecule has 6 aliphatic rings. The van der Waals surface area contributed by atoms with Crippen molar-refractivity contribution in [2.45, 2.75) is 147 Å². The number of alkyl halides is 18. The first-order valence-corrected chi connectivity index (χ1v) is 34.1. The van der Waals surface area contributed by atoms with Gasteiger partial charge in [-0.3, -0.25) is 38.4 Å². The molecular formula is C75H68F18N4O16. The average molecular weight is 1620 g/mol. The van der Waals surface area contributed by atoms with Crippen LogP contribution >= 0.6 is 0 Å². The molecule has 4 amide bonds. The summed E-state index contributed by atoms with van der Waals surface area (Å²) in [5.41, 5.74) is -0.341. The van der Waals surface area contributed by atoms with Crippen molar-refractivity contribution >= 4 is 46.8 Å². The van der Waals surface area contributed by atoms with E-state index in [1.54, 1.807) is 24.3 Å². The van der Waals surface area contributed by atoms with Gasteiger partial charge in [0.2, 0.25) is 0 Å². The van der Waals surface area contributed by atoms with Crippen molar-refractivity contribution in [3.8, 4) is 46.0 Å². The lowest BCUT2D eigenvalue weighted by Gasteiger charge is -2.24. The Balaban J connectivity index is 0.000000209. The Morgan fingerprint density at radius 2 is 0.646 bits per heavy atom. The number of amides is 4. The number of carbonyl (C=O) groups is 8. The van der Waals surface area contributed by atoms with Gasteiger partial charge in [0.25, 0.3) is 23.6 Å². The molecule has 6 aliphatic carbocycles. The van der Waals surface area contributed by atoms with Crippen LogP contribution in [0, 0.1) is 5.92 Å². The van der Waals surface area contributed by atoms with Crippen LogP contribution in [0.15, 0.2) is 168 Å². The summed E-state index contributed by atoms with van der Waals surface area (Å²) in [7, 11) is 0. The van der Waals surface area contributed by atoms with E-state index in [0.29, 0.717) is 18.6 Å². The van der Waals surface area contributed by atoms with Crippen molar-refractivity contribution in [2.75, 3.05) is 19.8 Å². The number of rotatable bonds is 24. The lowest BCUT2D eigenvalue weighted by atomic mass is 9.97. The van der Waals surface area contributed by atoms with Crippen LogP contribution in [-0.4, -0.2) is 110 Å². The first-order chi connectivity index (χ1) is 53.0. The van der Waals surface area contributed by atoms with Crippen LogP contribution in [0.5, 0.6) is 46.0 Å². The van der Waals surface area contributed by atoms with Gasteiger partial charge in [0.05, 0.1) is 54.6 Å². The van der Waals surface area contributed by atoms with Gasteiger partial charge in [-0.05, 0) is 148 Å². The SMILES string of the molecule is O=C1C=C(NC(=O)c2cc(OC(F)(F)F)ccc2OC2CCCCC2)C=CC1.O=C1C=C(NC(=O)c2cc(OC(F)(F)F)ccc2OCC2CCCC2)C=CC1.O=C1C=C(NC(=O)c2cc(OC(F)(F)F)ccc2OCCC(F)(F)F)C=CC1.O=C1C=C(NC(=O)c2cc(OC(F)(F)F)ccc2OCCCC(F)(F)F)C=CC1. The normalized spacial score (nSPS) is 16.0. The number of allylic oxidation sites excluding steroid dienone is 12. The molecule has 0 radical (unpaired) electrons. The quantitative estimate of drug-likeness (QED) is 0.0375. The maximum atomic E-state index is 12.7. The maximum Gasteiger partial charge on any atom is 0.573 e. The largest absolute Gasteiger partial charge is 0.573 e. The standard InChI is InChI=1S/2C20H20F3NO4.C18H15F6NO4.C17H13F6NO4/c21-20(22,23)28-16-8-9-18(27-12-13-4-1-2-5-13)17(11-16)19(26)24-14-6-3-7-15(25)10-14;21-20(22,23)28-16-9-10-18(27-15-7-2-1-3-8-15)17(12-16)19(26)24-13-5-4-6-14(25)11-13;19-17(20,21)7-2-8-28-15-6-5-13(29-18(22,23)24)10-14(15)16(27)25-11-3-1-4-12(26)9-11;18-16(19,20)6-7-27-14-5-4-12(28-17(21,22)23)9-13(14)15(26)24-10-2-1-3-11(25)8-10/h3,6,8-11,13H,1-2,4-5,7,12H2,(H,24,26);4-5,9-12,15H,1-3,6-8H2,(H,24,26);1,3,5-6,9-10H,2,4,7-8H2,(H,25,27);1-2,4-5,8-9H,3,6-7H2,(H,24,26). The Labute approximate surface area is 630 Å². The van der Waals surface area contributed by atoms with Crippen molar-refractivity contribution < 1.29 is 155 Å². The lowest BCUT2D eigenvalue weighted by Crippen LogP contribution is -2.26. The second-order valence-electron chi connectivity index (χ2n) is 24.9. The van der Waals surface area contributed by atoms with Gasteiger partial charge in [0.15, 0.2) is 23.1 Å². The highest BCUT2D eigenvalue weighted by molar-refractivity contribution is 6.03. The van der Waals surface area contributed by atoms with Crippen LogP contribution in [0.25, 0.3) is 0 Å². The van der Waals surface area contributed by atoms with Gasteiger partial charge in [0.1, 0.15) is 46.0 Å². The van der Waals surface area contributed by atoms with Crippen molar-refractivity contribution in [2.24, 2.45) is 5.92 Å². The van der Waals surface area contributed by atoms with Gasteiger partial charge in [-0.15, -0.1) is 52.7 Å². The van der Waals surface area contributed by atoms with Gasteiger partial charge in [0, 0.05) is 79.2 Å². The minimum atomic E-state index is -5.03. The minimum Gasteiger partial charge on any atom is -0.493 e. The molecule has 0 atom stereocenters. The van der Waals surface area contributed by atoms with Crippen LogP contribution in [0.2, 0.25) is 0 Å². The molecule has 0 spiro atoms. The summed E-state index contributed by atoms with van der Waals surface area (Å²) in [6.45, 7) is -0.870. The number of carbonyl (C=O) groups excluding carboxylic acids is 8. The van der Waals surface area contributed by atoms with Crippen LogP contribution in [0.3, 0.4) is 0 Å². The van der Waals surface area contributed by atoms with E-state index in [9.17, 15) is 117 Å². The molecule has 0 saturated heterocycles. The summed E-state index contributed by atoms with van der Waals surface area (Å²) in [6, 6.07) is 11.8. The predicted molar refractivity (Wildman–Crippen MR) is 362 cm³/mol. The second kappa shape index (κ2) is 40.1. The fourth-order valence-electron chi connectivity index (χ4n) is 10.9. The highest BCUT2D eigenvalue weighted by Crippen LogP contribution is 2.37. The fraction of sp³-hybridized carbons (Fsp3) is 0.360. The second-order valence-corrected chi connectivity index (χ2v) is 24.9. The van der Waals surface area contributed by atoms with E-state index >= 15 is 0 Å². The molecule has 4 aromatic carbocycles. The first-order valence-electron chi connectivity index (χ1n) is 34.1. The zero-order chi connectivity index (χ0) is 82.9. The van der Waals surface area contributed by atoms with Gasteiger partial charge >= 0.3 is 37.8 Å². The molecular weight excluding hydrogens is 1550 g/mol. The predicted octanol–water partition coefficient (Wildman–Crippen LogP) is 17.2. The molecule has 2 fully saturated rings. The van der Waals surface area contributed by atoms with Crippen LogP contribution in [-0.2, 0) is 19.2 Å². The molecule has 0 aromatic heterocycles. The topological polar surface area (TPSA) is 259 Å². The number of benzene rings is 4. The molecule has 4 aromatic rings. The third kappa shape index (κ3) is 33.2. The average Bonchev–Trinajstić information content (AvgIpc) is 1.18. The van der Waals surface area contributed by atoms with Gasteiger partial charge in [-0.1, -0.05) is 43.6 Å². The summed E-state index contributed by atoms with van der Waals surface area (Å²) < 4.78 is 260. The molecule has 20 nitrogen and oxygen atoms in total. The highest BCUT2D eigenvalue weighted by atomic mass is 19.4. The molecule has 10 rings (SSSR count). The fourth-order valence-corrected chi connectivity index (χ4v) is 10.9. The molecule has 610 valence electrons. The number of ketones is 4. The van der Waals surface area contributed by atoms with Crippen molar-refractivity contribution in [3.05, 3.63) is 191 Å². The number of nitrogens with one attached hydrogen (secondary N) is 4. The molecule has 113 heavy (non-hydrogen) atoms. The van der Waals surface area contributed by atoms with E-state index in [1.165, 1.54) is 48.6 Å². The molecule has 4 N–H and O–H groups in total. The third-order valence-electron chi connectivity index (χ3n) is 15.8. The summed E-state index contributed by atoms with van der Waals surface area (Å²) in [5.74, 6) is -6.61. The highest BCUT2D eigenvalue weighted by Gasteiger charge is 2.37. The number of ether oxygens (including phenoxy) is 8. The Hall–Kier alpha value is -11.5. The Bertz CT molecular complexity index is 4340. The zero-order valence-electron chi connectivity index (χ0n) is 58.8. The molecule has 0 heterocycles. The minimum absolute atomic E-state index is 0.0737. The van der Waals surface area contributed by atoms with E-state index in [-0.39, 0.29) is 112 Å². The van der Waals surface area contributed by atoms with E-state index in [1.807, 2.05) is 0 Å². The summed E-state index contributed by atoms with van der Waals surface area (Å²) >= 11 is 0. The molecule has 0 unspecified atom stereocenters. The Kier molecular flexibility index (Phi) is 31.5. The molecule has 2 saturated carbocycles. The number of hydrogen-bond donors (Lipinski definition) is 4. The summed E-state index contributed by atoms with van der Waals surface area (Å²) in [6.07, 6.45) is -4.96. The summed E-state index contributed by atoms with van der Waals surface area (Å²) in [4.78, 5) is 95.9. The van der Waals surface area contributed by atoms with Gasteiger partial charge < -0.3 is 59.2 Å². The van der Waals surface area contributed by atoms with Crippen molar-refractivity contribution in [1.82, 2.24) is 21.3 Å².